The molecule has 0 radical (unpaired) electrons. The minimum Gasteiger partial charge on any atom is -0.354 e. The van der Waals surface area contributed by atoms with Crippen molar-refractivity contribution in [3.63, 3.8) is 0 Å². The highest BCUT2D eigenvalue weighted by molar-refractivity contribution is 5.82. The molecule has 2 rings (SSSR count). The fourth-order valence-corrected chi connectivity index (χ4v) is 1.81. The van der Waals surface area contributed by atoms with E-state index < -0.39 is 23.2 Å². The summed E-state index contributed by atoms with van der Waals surface area (Å²) in [6.45, 7) is 0.217. The molecule has 0 aromatic carbocycles. The van der Waals surface area contributed by atoms with Gasteiger partial charge in [0.25, 0.3) is 5.92 Å². The molecule has 0 aliphatic heterocycles. The molecule has 1 amide bonds. The molecule has 0 spiro atoms. The number of nitrogens with one attached hydrogen (secondary N) is 1. The Morgan fingerprint density at radius 1 is 1.53 bits per heavy atom. The van der Waals surface area contributed by atoms with Crippen LogP contribution in [0.25, 0.3) is 0 Å². The Balaban J connectivity index is 1.79. The summed E-state index contributed by atoms with van der Waals surface area (Å²) in [7, 11) is 0. The summed E-state index contributed by atoms with van der Waals surface area (Å²) in [4.78, 5) is 11.2. The Bertz CT molecular complexity index is 331. The number of carbonyl (C=O) groups is 1. The molecule has 82 valence electrons. The van der Waals surface area contributed by atoms with Crippen molar-refractivity contribution in [3.8, 4) is 6.07 Å². The van der Waals surface area contributed by atoms with Crippen molar-refractivity contribution in [2.45, 2.75) is 31.6 Å². The van der Waals surface area contributed by atoms with Gasteiger partial charge in [-0.2, -0.15) is 5.26 Å². The molecule has 2 saturated carbocycles. The summed E-state index contributed by atoms with van der Waals surface area (Å²) in [6, 6.07) is 2.15. The zero-order valence-corrected chi connectivity index (χ0v) is 8.22. The number of nitrogens with zero attached hydrogens (tertiary/aromatic N) is 1. The maximum absolute atomic E-state index is 12.5. The van der Waals surface area contributed by atoms with Crippen LogP contribution in [0.2, 0.25) is 0 Å². The topological polar surface area (TPSA) is 52.9 Å². The van der Waals surface area contributed by atoms with Gasteiger partial charge in [-0.3, -0.25) is 4.79 Å². The van der Waals surface area contributed by atoms with E-state index in [-0.39, 0.29) is 13.0 Å². The van der Waals surface area contributed by atoms with Crippen LogP contribution in [0.4, 0.5) is 8.78 Å². The average molecular weight is 214 g/mol. The van der Waals surface area contributed by atoms with E-state index in [0.717, 1.165) is 19.3 Å². The van der Waals surface area contributed by atoms with E-state index in [0.29, 0.717) is 0 Å². The van der Waals surface area contributed by atoms with Crippen LogP contribution in [0.5, 0.6) is 0 Å². The Morgan fingerprint density at radius 2 is 2.13 bits per heavy atom. The van der Waals surface area contributed by atoms with Gasteiger partial charge in [0.15, 0.2) is 0 Å². The van der Waals surface area contributed by atoms with Gasteiger partial charge in [-0.25, -0.2) is 8.78 Å². The molecule has 15 heavy (non-hydrogen) atoms. The van der Waals surface area contributed by atoms with Crippen molar-refractivity contribution in [2.24, 2.45) is 11.3 Å². The van der Waals surface area contributed by atoms with E-state index in [9.17, 15) is 13.6 Å². The lowest BCUT2D eigenvalue weighted by molar-refractivity contribution is -0.125. The smallest absolute Gasteiger partial charge is 0.260 e. The first-order chi connectivity index (χ1) is 6.99. The van der Waals surface area contributed by atoms with Gasteiger partial charge >= 0.3 is 0 Å². The zero-order chi connectivity index (χ0) is 11.1. The molecule has 5 heteroatoms. The quantitative estimate of drug-likeness (QED) is 0.773. The monoisotopic (exact) mass is 214 g/mol. The molecule has 0 aromatic heterocycles. The maximum atomic E-state index is 12.5. The molecule has 2 aliphatic rings. The van der Waals surface area contributed by atoms with E-state index in [4.69, 9.17) is 5.26 Å². The van der Waals surface area contributed by atoms with Gasteiger partial charge in [0.05, 0.1) is 11.5 Å². The second-order valence-corrected chi connectivity index (χ2v) is 4.48. The summed E-state index contributed by atoms with van der Waals surface area (Å²) < 4.78 is 25.0. The van der Waals surface area contributed by atoms with Gasteiger partial charge in [0.2, 0.25) is 5.91 Å². The molecular weight excluding hydrogens is 202 g/mol. The summed E-state index contributed by atoms with van der Waals surface area (Å²) in [5.41, 5.74) is -0.486. The molecule has 3 nitrogen and oxygen atoms in total. The van der Waals surface area contributed by atoms with Crippen LogP contribution in [0.1, 0.15) is 25.7 Å². The van der Waals surface area contributed by atoms with Crippen LogP contribution >= 0.6 is 0 Å². The SMILES string of the molecule is N#CC1(CNC(=O)C2CC2(F)F)CCC1. The number of rotatable bonds is 3. The highest BCUT2D eigenvalue weighted by atomic mass is 19.3. The zero-order valence-electron chi connectivity index (χ0n) is 8.22. The van der Waals surface area contributed by atoms with Gasteiger partial charge in [0.1, 0.15) is 5.92 Å². The van der Waals surface area contributed by atoms with Gasteiger partial charge in [-0.1, -0.05) is 6.42 Å². The standard InChI is InChI=1S/C10H12F2N2O/c11-10(12)4-7(10)8(15)14-6-9(5-13)2-1-3-9/h7H,1-4,6H2,(H,14,15). The Labute approximate surface area is 86.4 Å². The van der Waals surface area contributed by atoms with Crippen molar-refractivity contribution in [2.75, 3.05) is 6.54 Å². The van der Waals surface area contributed by atoms with Crippen LogP contribution in [0.3, 0.4) is 0 Å². The third kappa shape index (κ3) is 1.81. The highest BCUT2D eigenvalue weighted by Crippen LogP contribution is 2.48. The second kappa shape index (κ2) is 3.16. The molecule has 1 unspecified atom stereocenters. The first-order valence-electron chi connectivity index (χ1n) is 5.06. The number of hydrogen-bond acceptors (Lipinski definition) is 2. The largest absolute Gasteiger partial charge is 0.354 e. The summed E-state index contributed by atoms with van der Waals surface area (Å²) in [5, 5.41) is 11.3. The number of hydrogen-bond donors (Lipinski definition) is 1. The predicted molar refractivity (Wildman–Crippen MR) is 48.0 cm³/mol. The van der Waals surface area contributed by atoms with E-state index in [1.54, 1.807) is 0 Å². The van der Waals surface area contributed by atoms with Crippen molar-refractivity contribution in [1.29, 1.82) is 5.26 Å². The van der Waals surface area contributed by atoms with Gasteiger partial charge in [0, 0.05) is 13.0 Å². The van der Waals surface area contributed by atoms with E-state index in [1.165, 1.54) is 0 Å². The lowest BCUT2D eigenvalue weighted by atomic mass is 9.70. The average Bonchev–Trinajstić information content (AvgIpc) is 2.74. The summed E-state index contributed by atoms with van der Waals surface area (Å²) in [6.07, 6.45) is 2.14. The van der Waals surface area contributed by atoms with Gasteiger partial charge in [-0.15, -0.1) is 0 Å². The first-order valence-corrected chi connectivity index (χ1v) is 5.06. The second-order valence-electron chi connectivity index (χ2n) is 4.48. The van der Waals surface area contributed by atoms with Crippen LogP contribution in [0.15, 0.2) is 0 Å². The summed E-state index contributed by atoms with van der Waals surface area (Å²) >= 11 is 0. The maximum Gasteiger partial charge on any atom is 0.260 e. The molecule has 2 aliphatic carbocycles. The van der Waals surface area contributed by atoms with E-state index >= 15 is 0 Å². The fourth-order valence-electron chi connectivity index (χ4n) is 1.81. The van der Waals surface area contributed by atoms with Crippen molar-refractivity contribution >= 4 is 5.91 Å². The number of amides is 1. The molecule has 1 N–H and O–H groups in total. The Morgan fingerprint density at radius 3 is 2.47 bits per heavy atom. The van der Waals surface area contributed by atoms with Crippen LogP contribution in [0, 0.1) is 22.7 Å². The minimum absolute atomic E-state index is 0.217. The number of halogens is 2. The molecule has 2 fully saturated rings. The third-order valence-electron chi connectivity index (χ3n) is 3.29. The first kappa shape index (κ1) is 10.3. The number of carbonyl (C=O) groups excluding carboxylic acids is 1. The molecule has 0 heterocycles. The van der Waals surface area contributed by atoms with E-state index in [1.807, 2.05) is 0 Å². The Kier molecular flexibility index (Phi) is 2.18. The van der Waals surface area contributed by atoms with Crippen molar-refractivity contribution < 1.29 is 13.6 Å². The highest BCUT2D eigenvalue weighted by Gasteiger charge is 2.61. The fraction of sp³-hybridized carbons (Fsp3) is 0.800. The molecular formula is C10H12F2N2O. The van der Waals surface area contributed by atoms with E-state index in [2.05, 4.69) is 11.4 Å². The lowest BCUT2D eigenvalue weighted by Gasteiger charge is -2.35. The van der Waals surface area contributed by atoms with Gasteiger partial charge in [-0.05, 0) is 12.8 Å². The molecule has 0 bridgehead atoms. The number of nitriles is 1. The van der Waals surface area contributed by atoms with Crippen molar-refractivity contribution in [3.05, 3.63) is 0 Å². The third-order valence-corrected chi connectivity index (χ3v) is 3.29. The van der Waals surface area contributed by atoms with Crippen molar-refractivity contribution in [1.82, 2.24) is 5.32 Å². The van der Waals surface area contributed by atoms with Crippen LogP contribution < -0.4 is 5.32 Å². The van der Waals surface area contributed by atoms with Crippen LogP contribution in [-0.2, 0) is 4.79 Å². The van der Waals surface area contributed by atoms with Crippen LogP contribution in [-0.4, -0.2) is 18.4 Å². The molecule has 0 aromatic rings. The minimum atomic E-state index is -2.82. The normalized spacial score (nSPS) is 29.8. The molecule has 1 atom stereocenters. The Hall–Kier alpha value is -1.18. The summed E-state index contributed by atoms with van der Waals surface area (Å²) in [5.74, 6) is -4.58. The predicted octanol–water partition coefficient (Wildman–Crippen LogP) is 1.45. The lowest BCUT2D eigenvalue weighted by Crippen LogP contribution is -2.42. The number of alkyl halides is 2. The molecule has 0 saturated heterocycles. The van der Waals surface area contributed by atoms with Gasteiger partial charge < -0.3 is 5.32 Å².